The number of carbonyl (C=O) groups is 1. The van der Waals surface area contributed by atoms with Gasteiger partial charge in [-0.25, -0.2) is 9.97 Å². The summed E-state index contributed by atoms with van der Waals surface area (Å²) in [6.07, 6.45) is -0.317. The Bertz CT molecular complexity index is 1420. The van der Waals surface area contributed by atoms with E-state index < -0.39 is 29.3 Å². The lowest BCUT2D eigenvalue weighted by Crippen LogP contribution is -2.53. The summed E-state index contributed by atoms with van der Waals surface area (Å²) < 4.78 is 47.1. The topological polar surface area (TPSA) is 81.9 Å². The molecule has 0 spiro atoms. The molecule has 0 radical (unpaired) electrons. The van der Waals surface area contributed by atoms with Gasteiger partial charge in [0, 0.05) is 27.7 Å². The third-order valence-corrected chi connectivity index (χ3v) is 7.01. The van der Waals surface area contributed by atoms with Crippen molar-refractivity contribution in [3.05, 3.63) is 106 Å². The molecule has 4 aromatic rings. The number of benzene rings is 2. The first-order valence-corrected chi connectivity index (χ1v) is 13.4. The molecule has 2 aromatic heterocycles. The highest BCUT2D eigenvalue weighted by Gasteiger charge is 2.36. The molecule has 0 aliphatic carbocycles. The van der Waals surface area contributed by atoms with E-state index in [-0.39, 0.29) is 11.8 Å². The first kappa shape index (κ1) is 29.5. The van der Waals surface area contributed by atoms with E-state index in [0.29, 0.717) is 24.2 Å². The molecule has 0 aliphatic rings. The smallest absolute Gasteiger partial charge is 0.417 e. The van der Waals surface area contributed by atoms with Gasteiger partial charge >= 0.3 is 6.18 Å². The Balaban J connectivity index is 1.63. The molecule has 1 N–H and O–H groups in total. The summed E-state index contributed by atoms with van der Waals surface area (Å²) in [7, 11) is 0. The molecular formula is C28H26BrClF3N5O2. The van der Waals surface area contributed by atoms with Gasteiger partial charge in [0.1, 0.15) is 12.7 Å². The average molecular weight is 637 g/mol. The van der Waals surface area contributed by atoms with E-state index in [0.717, 1.165) is 27.7 Å². The number of carbonyl (C=O) groups excluding carboxylic acids is 1. The van der Waals surface area contributed by atoms with Crippen molar-refractivity contribution in [1.82, 2.24) is 25.1 Å². The molecule has 0 saturated heterocycles. The van der Waals surface area contributed by atoms with Crippen molar-refractivity contribution < 1.29 is 22.7 Å². The summed E-state index contributed by atoms with van der Waals surface area (Å²) in [6.45, 7) is 3.36. The van der Waals surface area contributed by atoms with E-state index in [2.05, 4.69) is 36.3 Å². The monoisotopic (exact) mass is 635 g/mol. The maximum absolute atomic E-state index is 13.6. The average Bonchev–Trinajstić information content (AvgIpc) is 3.41. The molecule has 0 aliphatic heterocycles. The second kappa shape index (κ2) is 12.4. The number of nitrogens with one attached hydrogen (secondary N) is 1. The van der Waals surface area contributed by atoms with E-state index >= 15 is 0 Å². The Morgan fingerprint density at radius 1 is 1.12 bits per heavy atom. The molecule has 0 unspecified atom stereocenters. The van der Waals surface area contributed by atoms with Crippen LogP contribution < -0.4 is 10.1 Å². The molecule has 2 heterocycles. The maximum Gasteiger partial charge on any atom is 0.417 e. The summed E-state index contributed by atoms with van der Waals surface area (Å²) in [5.41, 5.74) is -0.390. The lowest BCUT2D eigenvalue weighted by molar-refractivity contribution is -0.138. The number of ether oxygens (including phenoxy) is 1. The minimum Gasteiger partial charge on any atom is -0.462 e. The second-order valence-electron chi connectivity index (χ2n) is 9.68. The molecule has 4 rings (SSSR count). The summed E-state index contributed by atoms with van der Waals surface area (Å²) in [5, 5.41) is 7.94. The number of nitrogens with zero attached hydrogens (tertiary/aromatic N) is 4. The predicted octanol–water partition coefficient (Wildman–Crippen LogP) is 6.48. The zero-order valence-electron chi connectivity index (χ0n) is 21.6. The molecule has 0 bridgehead atoms. The molecule has 7 nitrogen and oxygen atoms in total. The summed E-state index contributed by atoms with van der Waals surface area (Å²) in [6, 6.07) is 16.8. The number of amides is 1. The van der Waals surface area contributed by atoms with Gasteiger partial charge in [0.25, 0.3) is 5.91 Å². The van der Waals surface area contributed by atoms with E-state index in [4.69, 9.17) is 16.3 Å². The van der Waals surface area contributed by atoms with Crippen LogP contribution in [0.2, 0.25) is 5.02 Å². The highest BCUT2D eigenvalue weighted by atomic mass is 79.9. The standard InChI is InChI=1S/C28H26BrClF3N5O2/c1-27(2,40-25-11-8-20(14-35-25)28(31,32)33)26(39)37-24(15-38-17-34-16-36-38)23(19-4-3-5-21(29)13-19)12-18-6-9-22(30)10-7-18/h3-11,13-14,16-17,23-24H,12,15H2,1-2H3,(H,37,39)/t23-,24-/m0/s1. The van der Waals surface area contributed by atoms with Gasteiger partial charge in [0.05, 0.1) is 18.2 Å². The zero-order chi connectivity index (χ0) is 28.9. The Morgan fingerprint density at radius 3 is 2.48 bits per heavy atom. The molecular weight excluding hydrogens is 611 g/mol. The first-order valence-electron chi connectivity index (χ1n) is 12.3. The van der Waals surface area contributed by atoms with Gasteiger partial charge in [-0.3, -0.25) is 9.48 Å². The van der Waals surface area contributed by atoms with E-state index in [1.807, 2.05) is 48.5 Å². The molecule has 2 aromatic carbocycles. The van der Waals surface area contributed by atoms with Crippen molar-refractivity contribution >= 4 is 33.4 Å². The van der Waals surface area contributed by atoms with Gasteiger partial charge < -0.3 is 10.1 Å². The molecule has 0 saturated carbocycles. The number of hydrogen-bond donors (Lipinski definition) is 1. The SMILES string of the molecule is CC(C)(Oc1ccc(C(F)(F)F)cn1)C(=O)N[C@@H](Cn1cncn1)[C@@H](Cc1ccc(Cl)cc1)c1cccc(Br)c1. The molecule has 0 fully saturated rings. The van der Waals surface area contributed by atoms with Crippen molar-refractivity contribution in [3.8, 4) is 5.88 Å². The van der Waals surface area contributed by atoms with Crippen molar-refractivity contribution in [1.29, 1.82) is 0 Å². The van der Waals surface area contributed by atoms with Crippen molar-refractivity contribution in [2.75, 3.05) is 0 Å². The largest absolute Gasteiger partial charge is 0.462 e. The van der Waals surface area contributed by atoms with Crippen molar-refractivity contribution in [2.45, 2.75) is 50.6 Å². The highest BCUT2D eigenvalue weighted by Crippen LogP contribution is 2.31. The zero-order valence-corrected chi connectivity index (χ0v) is 23.9. The summed E-state index contributed by atoms with van der Waals surface area (Å²) in [4.78, 5) is 21.4. The normalized spacial score (nSPS) is 13.5. The highest BCUT2D eigenvalue weighted by molar-refractivity contribution is 9.10. The Labute approximate surface area is 242 Å². The quantitative estimate of drug-likeness (QED) is 0.216. The van der Waals surface area contributed by atoms with Gasteiger partial charge in [-0.2, -0.15) is 18.3 Å². The number of pyridine rings is 1. The third-order valence-electron chi connectivity index (χ3n) is 6.27. The van der Waals surface area contributed by atoms with Gasteiger partial charge in [-0.05, 0) is 61.7 Å². The maximum atomic E-state index is 13.6. The van der Waals surface area contributed by atoms with Crippen LogP contribution in [0.25, 0.3) is 0 Å². The predicted molar refractivity (Wildman–Crippen MR) is 148 cm³/mol. The molecule has 1 amide bonds. The van der Waals surface area contributed by atoms with Crippen LogP contribution in [0.15, 0.2) is 84.0 Å². The molecule has 2 atom stereocenters. The van der Waals surface area contributed by atoms with Crippen LogP contribution in [0, 0.1) is 0 Å². The minimum atomic E-state index is -4.53. The fourth-order valence-corrected chi connectivity index (χ4v) is 4.71. The number of halogens is 5. The number of rotatable bonds is 10. The number of aromatic nitrogens is 4. The van der Waals surface area contributed by atoms with E-state index in [1.165, 1.54) is 20.2 Å². The van der Waals surface area contributed by atoms with Crippen LogP contribution >= 0.6 is 27.5 Å². The van der Waals surface area contributed by atoms with Gasteiger partial charge in [-0.1, -0.05) is 51.8 Å². The van der Waals surface area contributed by atoms with E-state index in [9.17, 15) is 18.0 Å². The number of hydrogen-bond acceptors (Lipinski definition) is 5. The second-order valence-corrected chi connectivity index (χ2v) is 11.0. The van der Waals surface area contributed by atoms with Gasteiger partial charge in [-0.15, -0.1) is 0 Å². The van der Waals surface area contributed by atoms with Gasteiger partial charge in [0.2, 0.25) is 5.88 Å². The lowest BCUT2D eigenvalue weighted by Gasteiger charge is -2.32. The Kier molecular flexibility index (Phi) is 9.15. The molecule has 210 valence electrons. The molecule has 40 heavy (non-hydrogen) atoms. The lowest BCUT2D eigenvalue weighted by atomic mass is 9.85. The third kappa shape index (κ3) is 7.82. The van der Waals surface area contributed by atoms with Crippen molar-refractivity contribution in [2.24, 2.45) is 0 Å². The van der Waals surface area contributed by atoms with Crippen LogP contribution in [0.3, 0.4) is 0 Å². The van der Waals surface area contributed by atoms with Gasteiger partial charge in [0.15, 0.2) is 5.60 Å². The summed E-state index contributed by atoms with van der Waals surface area (Å²) in [5.74, 6) is -0.798. The van der Waals surface area contributed by atoms with Crippen LogP contribution in [-0.2, 0) is 23.9 Å². The van der Waals surface area contributed by atoms with Crippen LogP contribution in [0.1, 0.15) is 36.5 Å². The Hall–Kier alpha value is -3.44. The van der Waals surface area contributed by atoms with E-state index in [1.54, 1.807) is 11.0 Å². The summed E-state index contributed by atoms with van der Waals surface area (Å²) >= 11 is 9.65. The Morgan fingerprint density at radius 2 is 1.88 bits per heavy atom. The fourth-order valence-electron chi connectivity index (χ4n) is 4.16. The fraction of sp³-hybridized carbons (Fsp3) is 0.286. The van der Waals surface area contributed by atoms with Crippen LogP contribution in [0.4, 0.5) is 13.2 Å². The van der Waals surface area contributed by atoms with Crippen LogP contribution in [-0.4, -0.2) is 37.3 Å². The first-order chi connectivity index (χ1) is 18.9. The van der Waals surface area contributed by atoms with Crippen molar-refractivity contribution in [3.63, 3.8) is 0 Å². The number of alkyl halides is 3. The van der Waals surface area contributed by atoms with Crippen LogP contribution in [0.5, 0.6) is 5.88 Å². The molecule has 12 heteroatoms. The minimum absolute atomic E-state index is 0.106.